The van der Waals surface area contributed by atoms with E-state index < -0.39 is 28.3 Å². The predicted molar refractivity (Wildman–Crippen MR) is 111 cm³/mol. The average molecular weight is 441 g/mol. The molecular formula is C22H17F2N3O3S. The lowest BCUT2D eigenvalue weighted by Gasteiger charge is -2.07. The van der Waals surface area contributed by atoms with Crippen LogP contribution in [-0.2, 0) is 23.1 Å². The Morgan fingerprint density at radius 1 is 1.10 bits per heavy atom. The maximum atomic E-state index is 14.2. The molecule has 2 aromatic heterocycles. The zero-order valence-electron chi connectivity index (χ0n) is 16.1. The third-order valence-electron chi connectivity index (χ3n) is 4.83. The molecule has 0 radical (unpaired) electrons. The van der Waals surface area contributed by atoms with E-state index in [1.807, 2.05) is 6.07 Å². The zero-order chi connectivity index (χ0) is 22.0. The van der Waals surface area contributed by atoms with Crippen molar-refractivity contribution in [2.75, 3.05) is 0 Å². The van der Waals surface area contributed by atoms with E-state index in [0.717, 1.165) is 6.07 Å². The molecule has 4 aromatic rings. The lowest BCUT2D eigenvalue weighted by molar-refractivity contribution is 0.0701. The van der Waals surface area contributed by atoms with Crippen molar-refractivity contribution in [3.8, 4) is 0 Å². The van der Waals surface area contributed by atoms with Gasteiger partial charge >= 0.3 is 0 Å². The van der Waals surface area contributed by atoms with Crippen molar-refractivity contribution in [2.45, 2.75) is 17.2 Å². The Bertz CT molecular complexity index is 1290. The summed E-state index contributed by atoms with van der Waals surface area (Å²) >= 11 is 0. The Kier molecular flexibility index (Phi) is 5.88. The number of nitrogens with zero attached hydrogens (tertiary/aromatic N) is 2. The molecule has 6 nitrogen and oxygen atoms in total. The van der Waals surface area contributed by atoms with Gasteiger partial charge in [-0.15, -0.1) is 0 Å². The van der Waals surface area contributed by atoms with Crippen LogP contribution in [0.2, 0.25) is 0 Å². The quantitative estimate of drug-likeness (QED) is 0.352. The summed E-state index contributed by atoms with van der Waals surface area (Å²) in [7, 11) is -1.36. The van der Waals surface area contributed by atoms with Crippen LogP contribution in [0.3, 0.4) is 0 Å². The molecule has 0 aliphatic heterocycles. The number of nitrogens with one attached hydrogen (secondary N) is 1. The molecule has 9 heteroatoms. The number of rotatable bonds is 6. The number of pyridine rings is 1. The fraction of sp³-hybridized carbons (Fsp3) is 0.0909. The number of benzene rings is 2. The van der Waals surface area contributed by atoms with E-state index in [1.54, 1.807) is 35.0 Å². The lowest BCUT2D eigenvalue weighted by atomic mass is 10.2. The molecule has 0 aliphatic rings. The van der Waals surface area contributed by atoms with E-state index >= 15 is 0 Å². The van der Waals surface area contributed by atoms with Crippen LogP contribution in [0.5, 0.6) is 0 Å². The van der Waals surface area contributed by atoms with E-state index in [1.165, 1.54) is 29.9 Å². The van der Waals surface area contributed by atoms with Gasteiger partial charge in [-0.3, -0.25) is 14.2 Å². The van der Waals surface area contributed by atoms with Crippen molar-refractivity contribution in [3.05, 3.63) is 95.4 Å². The molecule has 0 fully saturated rings. The second kappa shape index (κ2) is 8.75. The van der Waals surface area contributed by atoms with Gasteiger partial charge in [0.05, 0.1) is 34.8 Å². The normalized spacial score (nSPS) is 12.1. The Balaban J connectivity index is 1.77. The van der Waals surface area contributed by atoms with Gasteiger partial charge in [-0.1, -0.05) is 24.3 Å². The Morgan fingerprint density at radius 3 is 2.58 bits per heavy atom. The standard InChI is InChI=1S/C22H17F2N3O3S/c23-16-7-6-14(19(24)8-16)11-27-12-15(13-31(30)17-4-2-1-3-5-17)18-9-20(22(28)26-29)25-10-21(18)27/h1-10,12,29H,11,13H2,(H,26,28)/t31-/m0/s1. The van der Waals surface area contributed by atoms with Crippen molar-refractivity contribution in [3.63, 3.8) is 0 Å². The first-order valence-electron chi connectivity index (χ1n) is 9.26. The molecule has 0 bridgehead atoms. The number of halogens is 2. The van der Waals surface area contributed by atoms with Gasteiger partial charge in [0.2, 0.25) is 0 Å². The number of fused-ring (bicyclic) bond motifs is 1. The number of carbonyl (C=O) groups is 1. The minimum atomic E-state index is -1.36. The third kappa shape index (κ3) is 4.37. The third-order valence-corrected chi connectivity index (χ3v) is 6.20. The highest BCUT2D eigenvalue weighted by atomic mass is 32.2. The fourth-order valence-electron chi connectivity index (χ4n) is 3.32. The van der Waals surface area contributed by atoms with Crippen molar-refractivity contribution < 1.29 is 23.0 Å². The van der Waals surface area contributed by atoms with Crippen LogP contribution in [0.25, 0.3) is 10.9 Å². The summed E-state index contributed by atoms with van der Waals surface area (Å²) in [6.45, 7) is 0.0911. The molecule has 2 N–H and O–H groups in total. The molecule has 0 unspecified atom stereocenters. The molecule has 2 heterocycles. The first-order chi connectivity index (χ1) is 15.0. The number of hydrogen-bond acceptors (Lipinski definition) is 4. The summed E-state index contributed by atoms with van der Waals surface area (Å²) in [6, 6.07) is 13.8. The minimum Gasteiger partial charge on any atom is -0.341 e. The van der Waals surface area contributed by atoms with E-state index in [0.29, 0.717) is 21.4 Å². The monoisotopic (exact) mass is 441 g/mol. The summed E-state index contributed by atoms with van der Waals surface area (Å²) in [4.78, 5) is 16.5. The largest absolute Gasteiger partial charge is 0.341 e. The van der Waals surface area contributed by atoms with Crippen LogP contribution in [0.4, 0.5) is 8.78 Å². The minimum absolute atomic E-state index is 0.0209. The average Bonchev–Trinajstić information content (AvgIpc) is 3.12. The number of hydrogen-bond donors (Lipinski definition) is 2. The molecular weight excluding hydrogens is 424 g/mol. The number of aromatic nitrogens is 2. The summed E-state index contributed by atoms with van der Waals surface area (Å²) in [6.07, 6.45) is 3.15. The smallest absolute Gasteiger partial charge is 0.293 e. The topological polar surface area (TPSA) is 84.2 Å². The molecule has 0 aliphatic carbocycles. The Morgan fingerprint density at radius 2 is 1.87 bits per heavy atom. The van der Waals surface area contributed by atoms with Gasteiger partial charge in [0.1, 0.15) is 17.3 Å². The van der Waals surface area contributed by atoms with Gasteiger partial charge in [0, 0.05) is 28.1 Å². The Hall–Kier alpha value is -3.43. The van der Waals surface area contributed by atoms with Gasteiger partial charge in [0.15, 0.2) is 0 Å². The molecule has 0 spiro atoms. The summed E-state index contributed by atoms with van der Waals surface area (Å²) < 4.78 is 42.0. The maximum Gasteiger partial charge on any atom is 0.293 e. The van der Waals surface area contributed by atoms with Gasteiger partial charge < -0.3 is 4.57 Å². The first kappa shape index (κ1) is 20.8. The second-order valence-electron chi connectivity index (χ2n) is 6.85. The van der Waals surface area contributed by atoms with Crippen molar-refractivity contribution in [2.24, 2.45) is 0 Å². The summed E-state index contributed by atoms with van der Waals surface area (Å²) in [5.74, 6) is -1.97. The van der Waals surface area contributed by atoms with Crippen LogP contribution in [-0.4, -0.2) is 24.9 Å². The predicted octanol–water partition coefficient (Wildman–Crippen LogP) is 3.79. The van der Waals surface area contributed by atoms with Crippen LogP contribution < -0.4 is 5.48 Å². The highest BCUT2D eigenvalue weighted by Gasteiger charge is 2.17. The lowest BCUT2D eigenvalue weighted by Crippen LogP contribution is -2.19. The summed E-state index contributed by atoms with van der Waals surface area (Å²) in [5.41, 5.74) is 3.03. The van der Waals surface area contributed by atoms with Gasteiger partial charge in [-0.2, -0.15) is 0 Å². The summed E-state index contributed by atoms with van der Waals surface area (Å²) in [5, 5.41) is 9.51. The van der Waals surface area contributed by atoms with Crippen molar-refractivity contribution in [1.29, 1.82) is 0 Å². The van der Waals surface area contributed by atoms with E-state index in [2.05, 4.69) is 4.98 Å². The van der Waals surface area contributed by atoms with Crippen molar-refractivity contribution >= 4 is 27.6 Å². The molecule has 158 valence electrons. The highest BCUT2D eigenvalue weighted by molar-refractivity contribution is 7.84. The van der Waals surface area contributed by atoms with E-state index in [9.17, 15) is 17.8 Å². The van der Waals surface area contributed by atoms with Gasteiger partial charge in [-0.25, -0.2) is 19.2 Å². The Labute approximate surface area is 178 Å². The molecule has 0 saturated carbocycles. The van der Waals surface area contributed by atoms with Crippen LogP contribution >= 0.6 is 0 Å². The first-order valence-corrected chi connectivity index (χ1v) is 10.6. The maximum absolute atomic E-state index is 14.2. The molecule has 1 amide bonds. The van der Waals surface area contributed by atoms with Crippen LogP contribution in [0.1, 0.15) is 21.6 Å². The number of amides is 1. The molecule has 1 atom stereocenters. The number of hydroxylamine groups is 1. The molecule has 31 heavy (non-hydrogen) atoms. The second-order valence-corrected chi connectivity index (χ2v) is 8.30. The van der Waals surface area contributed by atoms with E-state index in [-0.39, 0.29) is 23.6 Å². The zero-order valence-corrected chi connectivity index (χ0v) is 16.9. The van der Waals surface area contributed by atoms with Gasteiger partial charge in [-0.05, 0) is 29.8 Å². The molecule has 0 saturated heterocycles. The van der Waals surface area contributed by atoms with Gasteiger partial charge in [0.25, 0.3) is 5.91 Å². The fourth-order valence-corrected chi connectivity index (χ4v) is 4.46. The van der Waals surface area contributed by atoms with Crippen molar-refractivity contribution in [1.82, 2.24) is 15.0 Å². The van der Waals surface area contributed by atoms with E-state index in [4.69, 9.17) is 5.21 Å². The van der Waals surface area contributed by atoms with Crippen LogP contribution in [0, 0.1) is 11.6 Å². The molecule has 2 aromatic carbocycles. The number of carbonyl (C=O) groups excluding carboxylic acids is 1. The SMILES string of the molecule is O=C(NO)c1cc2c(C[S@](=O)c3ccccc3)cn(Cc3ccc(F)cc3F)c2cn1. The molecule has 4 rings (SSSR count). The highest BCUT2D eigenvalue weighted by Crippen LogP contribution is 2.26. The van der Waals surface area contributed by atoms with Crippen LogP contribution in [0.15, 0.2) is 71.9 Å².